The summed E-state index contributed by atoms with van der Waals surface area (Å²) < 4.78 is 5.33. The third-order valence-electron chi connectivity index (χ3n) is 4.42. The number of allylic oxidation sites excluding steroid dienone is 1. The first-order valence-electron chi connectivity index (χ1n) is 8.99. The number of carbonyl (C=O) groups excluding carboxylic acids is 1. The van der Waals surface area contributed by atoms with Gasteiger partial charge in [0.15, 0.2) is 0 Å². The number of ether oxygens (including phenoxy) is 1. The van der Waals surface area contributed by atoms with Gasteiger partial charge in [-0.15, -0.1) is 0 Å². The van der Waals surface area contributed by atoms with E-state index in [0.717, 1.165) is 30.7 Å². The maximum absolute atomic E-state index is 12.1. The van der Waals surface area contributed by atoms with Gasteiger partial charge in [0, 0.05) is 24.2 Å². The first kappa shape index (κ1) is 19.1. The molecule has 134 valence electrons. The molecule has 1 amide bonds. The van der Waals surface area contributed by atoms with Crippen molar-refractivity contribution in [3.63, 3.8) is 0 Å². The largest absolute Gasteiger partial charge is 0.449 e. The first-order chi connectivity index (χ1) is 11.9. The summed E-state index contributed by atoms with van der Waals surface area (Å²) in [5, 5.41) is 0. The molecule has 0 atom stereocenters. The summed E-state index contributed by atoms with van der Waals surface area (Å²) in [4.78, 5) is 18.3. The van der Waals surface area contributed by atoms with Crippen LogP contribution in [0.15, 0.2) is 29.8 Å². The third-order valence-corrected chi connectivity index (χ3v) is 4.42. The highest BCUT2D eigenvalue weighted by atomic mass is 16.6. The van der Waals surface area contributed by atoms with Crippen LogP contribution in [0.25, 0.3) is 0 Å². The van der Waals surface area contributed by atoms with Crippen molar-refractivity contribution in [1.82, 2.24) is 9.88 Å². The fourth-order valence-corrected chi connectivity index (χ4v) is 2.88. The van der Waals surface area contributed by atoms with Gasteiger partial charge in [0.1, 0.15) is 5.69 Å². The Morgan fingerprint density at radius 3 is 2.92 bits per heavy atom. The number of aromatic nitrogens is 1. The van der Waals surface area contributed by atoms with E-state index in [-0.39, 0.29) is 11.5 Å². The average Bonchev–Trinajstić information content (AvgIpc) is 2.56. The summed E-state index contributed by atoms with van der Waals surface area (Å²) in [6, 6.07) is 5.84. The molecule has 0 aliphatic carbocycles. The zero-order valence-electron chi connectivity index (χ0n) is 15.8. The van der Waals surface area contributed by atoms with Crippen molar-refractivity contribution < 1.29 is 9.53 Å². The summed E-state index contributed by atoms with van der Waals surface area (Å²) in [7, 11) is 0. The highest BCUT2D eigenvalue weighted by molar-refractivity contribution is 5.68. The molecule has 1 fully saturated rings. The normalized spacial score (nSPS) is 17.8. The molecule has 1 aromatic heterocycles. The maximum atomic E-state index is 12.1. The Morgan fingerprint density at radius 1 is 1.44 bits per heavy atom. The average molecular weight is 340 g/mol. The Morgan fingerprint density at radius 2 is 2.24 bits per heavy atom. The van der Waals surface area contributed by atoms with Crippen molar-refractivity contribution in [2.45, 2.75) is 47.0 Å². The zero-order chi connectivity index (χ0) is 18.3. The first-order valence-corrected chi connectivity index (χ1v) is 8.99. The van der Waals surface area contributed by atoms with Crippen LogP contribution in [0, 0.1) is 24.2 Å². The van der Waals surface area contributed by atoms with Gasteiger partial charge in [0.05, 0.1) is 6.61 Å². The second-order valence-corrected chi connectivity index (χ2v) is 7.13. The summed E-state index contributed by atoms with van der Waals surface area (Å²) in [6.07, 6.45) is 4.56. The lowest BCUT2D eigenvalue weighted by Gasteiger charge is -2.39. The van der Waals surface area contributed by atoms with Crippen LogP contribution in [0.2, 0.25) is 0 Å². The van der Waals surface area contributed by atoms with Crippen molar-refractivity contribution >= 4 is 6.09 Å². The van der Waals surface area contributed by atoms with Crippen LogP contribution < -0.4 is 0 Å². The molecule has 0 aromatic carbocycles. The molecule has 25 heavy (non-hydrogen) atoms. The standard InChI is InChI=1S/C21H28N2O2/c1-5-6-15-25-20(24)23-14-13-18(21(3,4)16-23)10-8-12-19-11-7-9-17(2)22-19/h7,9-11H,5-6,13-16H2,1-4H3/b18-10+. The Kier molecular flexibility index (Phi) is 6.64. The molecule has 2 rings (SSSR count). The van der Waals surface area contributed by atoms with E-state index in [1.165, 1.54) is 5.57 Å². The molecule has 1 aromatic rings. The van der Waals surface area contributed by atoms with Crippen molar-refractivity contribution in [3.8, 4) is 11.8 Å². The number of piperidine rings is 1. The lowest BCUT2D eigenvalue weighted by atomic mass is 9.79. The fraction of sp³-hybridized carbons (Fsp3) is 0.524. The number of aryl methyl sites for hydroxylation is 1. The highest BCUT2D eigenvalue weighted by Crippen LogP contribution is 2.34. The smallest absolute Gasteiger partial charge is 0.409 e. The van der Waals surface area contributed by atoms with Crippen LogP contribution in [0.3, 0.4) is 0 Å². The van der Waals surface area contributed by atoms with Crippen molar-refractivity contribution in [1.29, 1.82) is 0 Å². The van der Waals surface area contributed by atoms with Crippen molar-refractivity contribution in [2.75, 3.05) is 19.7 Å². The van der Waals surface area contributed by atoms with E-state index in [2.05, 4.69) is 37.6 Å². The number of likely N-dealkylation sites (tertiary alicyclic amines) is 1. The Bertz CT molecular complexity index is 695. The van der Waals surface area contributed by atoms with Crippen LogP contribution in [-0.2, 0) is 4.74 Å². The topological polar surface area (TPSA) is 42.4 Å². The monoisotopic (exact) mass is 340 g/mol. The molecule has 0 radical (unpaired) electrons. The number of amides is 1. The number of pyridine rings is 1. The fourth-order valence-electron chi connectivity index (χ4n) is 2.88. The third kappa shape index (κ3) is 5.63. The molecule has 2 heterocycles. The van der Waals surface area contributed by atoms with E-state index in [1.807, 2.05) is 36.1 Å². The van der Waals surface area contributed by atoms with Gasteiger partial charge in [-0.05, 0) is 43.9 Å². The molecule has 0 N–H and O–H groups in total. The molecule has 0 saturated carbocycles. The van der Waals surface area contributed by atoms with Crippen LogP contribution in [0.5, 0.6) is 0 Å². The molecule has 1 saturated heterocycles. The zero-order valence-corrected chi connectivity index (χ0v) is 15.8. The van der Waals surface area contributed by atoms with Crippen LogP contribution in [0.1, 0.15) is 51.4 Å². The predicted molar refractivity (Wildman–Crippen MR) is 100 cm³/mol. The van der Waals surface area contributed by atoms with Gasteiger partial charge in [0.25, 0.3) is 0 Å². The van der Waals surface area contributed by atoms with E-state index >= 15 is 0 Å². The molecule has 0 unspecified atom stereocenters. The maximum Gasteiger partial charge on any atom is 0.409 e. The summed E-state index contributed by atoms with van der Waals surface area (Å²) in [6.45, 7) is 10.2. The van der Waals surface area contributed by atoms with Crippen LogP contribution >= 0.6 is 0 Å². The van der Waals surface area contributed by atoms with Gasteiger partial charge in [-0.2, -0.15) is 0 Å². The molecule has 4 nitrogen and oxygen atoms in total. The number of hydrogen-bond acceptors (Lipinski definition) is 3. The van der Waals surface area contributed by atoms with Gasteiger partial charge in [-0.3, -0.25) is 0 Å². The molecule has 0 bridgehead atoms. The molecule has 1 aliphatic heterocycles. The number of carbonyl (C=O) groups is 1. The molecule has 0 spiro atoms. The molecule has 4 heteroatoms. The Hall–Kier alpha value is -2.28. The minimum Gasteiger partial charge on any atom is -0.449 e. The van der Waals surface area contributed by atoms with Gasteiger partial charge in [-0.1, -0.05) is 44.8 Å². The van der Waals surface area contributed by atoms with E-state index in [4.69, 9.17) is 4.74 Å². The van der Waals surface area contributed by atoms with E-state index in [9.17, 15) is 4.79 Å². The number of hydrogen-bond donors (Lipinski definition) is 0. The molecular formula is C21H28N2O2. The van der Waals surface area contributed by atoms with Crippen LogP contribution in [-0.4, -0.2) is 35.7 Å². The van der Waals surface area contributed by atoms with E-state index in [1.54, 1.807) is 0 Å². The molecule has 1 aliphatic rings. The minimum absolute atomic E-state index is 0.100. The lowest BCUT2D eigenvalue weighted by Crippen LogP contribution is -2.45. The minimum atomic E-state index is -0.199. The van der Waals surface area contributed by atoms with Gasteiger partial charge in [0.2, 0.25) is 0 Å². The van der Waals surface area contributed by atoms with Crippen molar-refractivity contribution in [3.05, 3.63) is 41.2 Å². The number of unbranched alkanes of at least 4 members (excludes halogenated alkanes) is 1. The number of nitrogens with zero attached hydrogens (tertiary/aromatic N) is 2. The highest BCUT2D eigenvalue weighted by Gasteiger charge is 2.33. The SMILES string of the molecule is CCCCOC(=O)N1CC/C(=C\C#Cc2cccc(C)n2)C(C)(C)C1. The Balaban J connectivity index is 1.99. The van der Waals surface area contributed by atoms with E-state index in [0.29, 0.717) is 19.7 Å². The lowest BCUT2D eigenvalue weighted by molar-refractivity contribution is 0.0814. The van der Waals surface area contributed by atoms with Gasteiger partial charge >= 0.3 is 6.09 Å². The summed E-state index contributed by atoms with van der Waals surface area (Å²) in [5.74, 6) is 6.23. The van der Waals surface area contributed by atoms with E-state index < -0.39 is 0 Å². The van der Waals surface area contributed by atoms with Gasteiger partial charge in [-0.25, -0.2) is 9.78 Å². The second kappa shape index (κ2) is 8.71. The quantitative estimate of drug-likeness (QED) is 0.607. The summed E-state index contributed by atoms with van der Waals surface area (Å²) in [5.41, 5.74) is 2.92. The number of rotatable bonds is 3. The summed E-state index contributed by atoms with van der Waals surface area (Å²) >= 11 is 0. The Labute approximate surface area is 151 Å². The predicted octanol–water partition coefficient (Wildman–Crippen LogP) is 4.34. The van der Waals surface area contributed by atoms with Gasteiger partial charge < -0.3 is 9.64 Å². The second-order valence-electron chi connectivity index (χ2n) is 7.13. The van der Waals surface area contributed by atoms with Crippen LogP contribution in [0.4, 0.5) is 4.79 Å². The van der Waals surface area contributed by atoms with Crippen molar-refractivity contribution in [2.24, 2.45) is 5.41 Å². The molecular weight excluding hydrogens is 312 g/mol.